The number of hydrogen-bond acceptors (Lipinski definition) is 5. The lowest BCUT2D eigenvalue weighted by molar-refractivity contribution is -0.383. The van der Waals surface area contributed by atoms with Gasteiger partial charge in [-0.2, -0.15) is 0 Å². The molecule has 0 saturated carbocycles. The first kappa shape index (κ1) is 13.5. The molecule has 0 atom stereocenters. The second kappa shape index (κ2) is 5.83. The van der Waals surface area contributed by atoms with Crippen LogP contribution in [0, 0.1) is 10.1 Å². The first-order valence-corrected chi connectivity index (χ1v) is 5.70. The minimum atomic E-state index is -1.15. The number of ether oxygens (including phenoxy) is 1. The van der Waals surface area contributed by atoms with E-state index in [9.17, 15) is 14.9 Å². The number of nitrogens with one attached hydrogen (secondary N) is 1. The topological polar surface area (TPSA) is 115 Å². The van der Waals surface area contributed by atoms with Gasteiger partial charge in [0.05, 0.1) is 17.5 Å². The summed E-state index contributed by atoms with van der Waals surface area (Å²) in [6.45, 7) is 0.170. The third-order valence-electron chi connectivity index (χ3n) is 2.50. The van der Waals surface area contributed by atoms with Crippen LogP contribution in [-0.2, 0) is 0 Å². The van der Waals surface area contributed by atoms with Crippen molar-refractivity contribution < 1.29 is 19.6 Å². The van der Waals surface area contributed by atoms with Crippen molar-refractivity contribution in [2.75, 3.05) is 13.2 Å². The number of amides is 1. The summed E-state index contributed by atoms with van der Waals surface area (Å²) in [4.78, 5) is 24.7. The van der Waals surface area contributed by atoms with E-state index in [1.165, 1.54) is 12.3 Å². The van der Waals surface area contributed by atoms with Gasteiger partial charge in [-0.25, -0.2) is 9.78 Å². The van der Waals surface area contributed by atoms with Crippen molar-refractivity contribution >= 4 is 22.7 Å². The highest BCUT2D eigenvalue weighted by Gasteiger charge is 2.15. The number of benzene rings is 1. The highest BCUT2D eigenvalue weighted by atomic mass is 16.6. The van der Waals surface area contributed by atoms with Crippen LogP contribution in [0.15, 0.2) is 30.5 Å². The predicted octanol–water partition coefficient (Wildman–Crippen LogP) is 1.79. The molecule has 0 fully saturated rings. The molecule has 0 aliphatic rings. The molecule has 0 aliphatic heterocycles. The van der Waals surface area contributed by atoms with E-state index in [1.807, 2.05) is 0 Å². The van der Waals surface area contributed by atoms with Gasteiger partial charge in [-0.05, 0) is 12.1 Å². The lowest BCUT2D eigenvalue weighted by Gasteiger charge is -2.07. The summed E-state index contributed by atoms with van der Waals surface area (Å²) < 4.78 is 5.30. The number of rotatable bonds is 5. The molecule has 0 saturated heterocycles. The third-order valence-corrected chi connectivity index (χ3v) is 2.50. The second-order valence-corrected chi connectivity index (χ2v) is 3.86. The molecular weight excluding hydrogens is 266 g/mol. The molecular formula is C12H11N3O5. The number of pyridine rings is 1. The van der Waals surface area contributed by atoms with Crippen molar-refractivity contribution in [3.63, 3.8) is 0 Å². The van der Waals surface area contributed by atoms with Crippen LogP contribution in [0.25, 0.3) is 10.9 Å². The summed E-state index contributed by atoms with van der Waals surface area (Å²) in [5, 5.41) is 22.1. The van der Waals surface area contributed by atoms with Gasteiger partial charge in [0.1, 0.15) is 17.9 Å². The van der Waals surface area contributed by atoms with E-state index in [-0.39, 0.29) is 24.4 Å². The van der Waals surface area contributed by atoms with Crippen LogP contribution in [-0.4, -0.2) is 34.3 Å². The SMILES string of the molecule is O=C(O)NCCOc1cc([N+](=O)[O-])c2ncccc2c1. The average molecular weight is 277 g/mol. The molecule has 0 aliphatic carbocycles. The van der Waals surface area contributed by atoms with E-state index < -0.39 is 11.0 Å². The van der Waals surface area contributed by atoms with Crippen molar-refractivity contribution in [1.82, 2.24) is 10.3 Å². The lowest BCUT2D eigenvalue weighted by Crippen LogP contribution is -2.26. The van der Waals surface area contributed by atoms with Crippen LogP contribution in [0.3, 0.4) is 0 Å². The summed E-state index contributed by atoms with van der Waals surface area (Å²) in [5.41, 5.74) is 0.137. The summed E-state index contributed by atoms with van der Waals surface area (Å²) in [5.74, 6) is 0.296. The molecule has 8 nitrogen and oxygen atoms in total. The highest BCUT2D eigenvalue weighted by Crippen LogP contribution is 2.29. The Kier molecular flexibility index (Phi) is 3.94. The summed E-state index contributed by atoms with van der Waals surface area (Å²) >= 11 is 0. The van der Waals surface area contributed by atoms with Gasteiger partial charge in [0.25, 0.3) is 5.69 Å². The number of aromatic nitrogens is 1. The molecule has 2 rings (SSSR count). The zero-order valence-electron chi connectivity index (χ0n) is 10.3. The minimum Gasteiger partial charge on any atom is -0.491 e. The summed E-state index contributed by atoms with van der Waals surface area (Å²) in [6.07, 6.45) is 0.328. The number of non-ortho nitro benzene ring substituents is 1. The van der Waals surface area contributed by atoms with E-state index in [4.69, 9.17) is 9.84 Å². The van der Waals surface area contributed by atoms with Crippen LogP contribution in [0.2, 0.25) is 0 Å². The first-order chi connectivity index (χ1) is 9.58. The van der Waals surface area contributed by atoms with Crippen molar-refractivity contribution in [2.24, 2.45) is 0 Å². The average Bonchev–Trinajstić information content (AvgIpc) is 2.42. The van der Waals surface area contributed by atoms with Crippen molar-refractivity contribution in [2.45, 2.75) is 0 Å². The number of nitrogens with zero attached hydrogens (tertiary/aromatic N) is 2. The summed E-state index contributed by atoms with van der Waals surface area (Å²) in [7, 11) is 0. The van der Waals surface area contributed by atoms with Crippen molar-refractivity contribution in [1.29, 1.82) is 0 Å². The lowest BCUT2D eigenvalue weighted by atomic mass is 10.2. The fourth-order valence-corrected chi connectivity index (χ4v) is 1.70. The Morgan fingerprint density at radius 3 is 3.00 bits per heavy atom. The number of carbonyl (C=O) groups is 1. The number of carboxylic acid groups (broad SMARTS) is 1. The molecule has 20 heavy (non-hydrogen) atoms. The molecule has 1 aromatic heterocycles. The molecule has 1 heterocycles. The Bertz CT molecular complexity index is 659. The molecule has 1 amide bonds. The van der Waals surface area contributed by atoms with Gasteiger partial charge in [-0.1, -0.05) is 6.07 Å². The maximum atomic E-state index is 11.0. The number of nitro benzene ring substituents is 1. The molecule has 0 unspecified atom stereocenters. The monoisotopic (exact) mass is 277 g/mol. The van der Waals surface area contributed by atoms with E-state index in [2.05, 4.69) is 10.3 Å². The Labute approximate surface area is 113 Å². The maximum absolute atomic E-state index is 11.0. The van der Waals surface area contributed by atoms with E-state index in [0.29, 0.717) is 11.1 Å². The summed E-state index contributed by atoms with van der Waals surface area (Å²) in [6, 6.07) is 6.26. The van der Waals surface area contributed by atoms with Gasteiger partial charge in [0.2, 0.25) is 0 Å². The molecule has 0 bridgehead atoms. The normalized spacial score (nSPS) is 10.2. The molecule has 0 spiro atoms. The first-order valence-electron chi connectivity index (χ1n) is 5.70. The van der Waals surface area contributed by atoms with Gasteiger partial charge < -0.3 is 15.2 Å². The van der Waals surface area contributed by atoms with Gasteiger partial charge in [-0.15, -0.1) is 0 Å². The number of nitro groups is 1. The largest absolute Gasteiger partial charge is 0.491 e. The maximum Gasteiger partial charge on any atom is 0.404 e. The quantitative estimate of drug-likeness (QED) is 0.489. The van der Waals surface area contributed by atoms with Gasteiger partial charge in [0.15, 0.2) is 0 Å². The number of fused-ring (bicyclic) bond motifs is 1. The Balaban J connectivity index is 2.22. The van der Waals surface area contributed by atoms with Crippen molar-refractivity contribution in [3.8, 4) is 5.75 Å². The highest BCUT2D eigenvalue weighted by molar-refractivity contribution is 5.88. The van der Waals surface area contributed by atoms with E-state index >= 15 is 0 Å². The predicted molar refractivity (Wildman–Crippen MR) is 69.9 cm³/mol. The smallest absolute Gasteiger partial charge is 0.404 e. The van der Waals surface area contributed by atoms with Gasteiger partial charge in [-0.3, -0.25) is 10.1 Å². The second-order valence-electron chi connectivity index (χ2n) is 3.86. The standard InChI is InChI=1S/C12H11N3O5/c16-12(17)14-4-5-20-9-6-8-2-1-3-13-11(8)10(7-9)15(18)19/h1-3,6-7,14H,4-5H2,(H,16,17). The molecule has 2 aromatic rings. The number of hydrogen-bond donors (Lipinski definition) is 2. The third kappa shape index (κ3) is 3.10. The van der Waals surface area contributed by atoms with Crippen LogP contribution in [0.4, 0.5) is 10.5 Å². The Morgan fingerprint density at radius 1 is 1.50 bits per heavy atom. The van der Waals surface area contributed by atoms with Crippen LogP contribution in [0.5, 0.6) is 5.75 Å². The molecule has 104 valence electrons. The zero-order chi connectivity index (χ0) is 14.5. The minimum absolute atomic E-state index is 0.0786. The van der Waals surface area contributed by atoms with Gasteiger partial charge in [0, 0.05) is 11.6 Å². The van der Waals surface area contributed by atoms with Crippen LogP contribution in [0.1, 0.15) is 0 Å². The van der Waals surface area contributed by atoms with Crippen LogP contribution < -0.4 is 10.1 Å². The Morgan fingerprint density at radius 2 is 2.30 bits per heavy atom. The zero-order valence-corrected chi connectivity index (χ0v) is 10.3. The van der Waals surface area contributed by atoms with Crippen LogP contribution >= 0.6 is 0 Å². The molecule has 1 aromatic carbocycles. The van der Waals surface area contributed by atoms with E-state index in [0.717, 1.165) is 0 Å². The fourth-order valence-electron chi connectivity index (χ4n) is 1.70. The molecule has 8 heteroatoms. The molecule has 0 radical (unpaired) electrons. The fraction of sp³-hybridized carbons (Fsp3) is 0.167. The van der Waals surface area contributed by atoms with E-state index in [1.54, 1.807) is 18.2 Å². The van der Waals surface area contributed by atoms with Crippen molar-refractivity contribution in [3.05, 3.63) is 40.6 Å². The Hall–Kier alpha value is -2.90. The van der Waals surface area contributed by atoms with Gasteiger partial charge >= 0.3 is 6.09 Å². The molecule has 2 N–H and O–H groups in total.